The fraction of sp³-hybridized carbons (Fsp3) is 0.471. The van der Waals surface area contributed by atoms with E-state index in [1.165, 1.54) is 11.1 Å². The lowest BCUT2D eigenvalue weighted by molar-refractivity contribution is 0.413. The minimum atomic E-state index is 0. The van der Waals surface area contributed by atoms with Gasteiger partial charge in [0.05, 0.1) is 7.11 Å². The van der Waals surface area contributed by atoms with Gasteiger partial charge in [-0.05, 0) is 43.0 Å². The van der Waals surface area contributed by atoms with E-state index in [1.807, 2.05) is 25.3 Å². The van der Waals surface area contributed by atoms with Crippen LogP contribution in [0.25, 0.3) is 0 Å². The number of nitrogens with zero attached hydrogens (tertiary/aromatic N) is 2. The predicted molar refractivity (Wildman–Crippen MR) is 105 cm³/mol. The molecule has 1 rings (SSSR count). The number of nitrogens with one attached hydrogen (secondary N) is 1. The summed E-state index contributed by atoms with van der Waals surface area (Å²) in [5, 5.41) is 3.39. The number of aliphatic imine (C=N–C) groups is 1. The van der Waals surface area contributed by atoms with Crippen LogP contribution in [-0.4, -0.2) is 38.6 Å². The molecule has 0 bridgehead atoms. The van der Waals surface area contributed by atoms with E-state index in [2.05, 4.69) is 41.8 Å². The first kappa shape index (κ1) is 20.8. The van der Waals surface area contributed by atoms with Crippen molar-refractivity contribution in [3.8, 4) is 5.75 Å². The van der Waals surface area contributed by atoms with Crippen LogP contribution in [0, 0.1) is 6.92 Å². The Hall–Kier alpha value is -1.24. The lowest BCUT2D eigenvalue weighted by Crippen LogP contribution is -2.38. The monoisotopic (exact) mass is 417 g/mol. The fourth-order valence-corrected chi connectivity index (χ4v) is 2.19. The molecular weight excluding hydrogens is 389 g/mol. The Balaban J connectivity index is 0.00000441. The molecule has 1 aromatic carbocycles. The van der Waals surface area contributed by atoms with Crippen LogP contribution >= 0.6 is 24.0 Å². The maximum absolute atomic E-state index is 5.30. The van der Waals surface area contributed by atoms with Crippen molar-refractivity contribution in [1.29, 1.82) is 0 Å². The molecular formula is C17H28IN3O. The molecule has 0 unspecified atom stereocenters. The van der Waals surface area contributed by atoms with Gasteiger partial charge >= 0.3 is 0 Å². The van der Waals surface area contributed by atoms with E-state index >= 15 is 0 Å². The molecule has 0 fully saturated rings. The third-order valence-corrected chi connectivity index (χ3v) is 3.27. The summed E-state index contributed by atoms with van der Waals surface area (Å²) in [6.45, 7) is 7.51. The molecule has 5 heteroatoms. The largest absolute Gasteiger partial charge is 0.497 e. The summed E-state index contributed by atoms with van der Waals surface area (Å²) in [4.78, 5) is 6.46. The lowest BCUT2D eigenvalue weighted by atomic mass is 10.1. The zero-order valence-electron chi connectivity index (χ0n) is 14.1. The summed E-state index contributed by atoms with van der Waals surface area (Å²) in [7, 11) is 5.55. The van der Waals surface area contributed by atoms with Crippen LogP contribution < -0.4 is 10.1 Å². The zero-order valence-corrected chi connectivity index (χ0v) is 16.4. The van der Waals surface area contributed by atoms with Crippen LogP contribution in [0.5, 0.6) is 5.75 Å². The van der Waals surface area contributed by atoms with Gasteiger partial charge in [0, 0.05) is 27.2 Å². The van der Waals surface area contributed by atoms with E-state index in [4.69, 9.17) is 4.74 Å². The summed E-state index contributed by atoms with van der Waals surface area (Å²) >= 11 is 0. The first-order chi connectivity index (χ1) is 10.1. The minimum Gasteiger partial charge on any atom is -0.497 e. The highest BCUT2D eigenvalue weighted by Crippen LogP contribution is 2.16. The molecule has 0 saturated heterocycles. The number of halogens is 1. The van der Waals surface area contributed by atoms with E-state index in [1.54, 1.807) is 7.11 Å². The normalized spacial score (nSPS) is 10.6. The second-order valence-electron chi connectivity index (χ2n) is 5.11. The third-order valence-electron chi connectivity index (χ3n) is 3.27. The van der Waals surface area contributed by atoms with Crippen LogP contribution in [0.4, 0.5) is 0 Å². The highest BCUT2D eigenvalue weighted by atomic mass is 127. The van der Waals surface area contributed by atoms with Gasteiger partial charge in [-0.15, -0.1) is 30.6 Å². The topological polar surface area (TPSA) is 36.9 Å². The van der Waals surface area contributed by atoms with Crippen molar-refractivity contribution in [1.82, 2.24) is 10.2 Å². The van der Waals surface area contributed by atoms with Crippen molar-refractivity contribution < 1.29 is 4.74 Å². The fourth-order valence-electron chi connectivity index (χ4n) is 2.19. The Labute approximate surface area is 151 Å². The van der Waals surface area contributed by atoms with E-state index in [9.17, 15) is 0 Å². The summed E-state index contributed by atoms with van der Waals surface area (Å²) in [6.07, 6.45) is 4.05. The number of ether oxygens (including phenoxy) is 1. The van der Waals surface area contributed by atoms with Crippen molar-refractivity contribution in [2.45, 2.75) is 26.3 Å². The highest BCUT2D eigenvalue weighted by Gasteiger charge is 2.06. The molecule has 0 saturated carbocycles. The van der Waals surface area contributed by atoms with Gasteiger partial charge in [0.25, 0.3) is 0 Å². The molecule has 0 aromatic heterocycles. The maximum Gasteiger partial charge on any atom is 0.193 e. The first-order valence-corrected chi connectivity index (χ1v) is 7.28. The van der Waals surface area contributed by atoms with E-state index in [0.29, 0.717) is 0 Å². The predicted octanol–water partition coefficient (Wildman–Crippen LogP) is 3.60. The SMILES string of the molecule is C=CCCCN(C)C(=NC)NCc1cc(C)cc(OC)c1.I. The second-order valence-corrected chi connectivity index (χ2v) is 5.11. The number of benzene rings is 1. The number of methoxy groups -OCH3 is 1. The number of guanidine groups is 1. The Morgan fingerprint density at radius 1 is 1.41 bits per heavy atom. The van der Waals surface area contributed by atoms with Gasteiger partial charge < -0.3 is 15.0 Å². The van der Waals surface area contributed by atoms with Gasteiger partial charge in [0.2, 0.25) is 0 Å². The molecule has 22 heavy (non-hydrogen) atoms. The molecule has 0 amide bonds. The first-order valence-electron chi connectivity index (χ1n) is 7.28. The van der Waals surface area contributed by atoms with Crippen LogP contribution in [0.1, 0.15) is 24.0 Å². The average Bonchev–Trinajstić information content (AvgIpc) is 2.47. The second kappa shape index (κ2) is 11.3. The summed E-state index contributed by atoms with van der Waals surface area (Å²) in [5.74, 6) is 1.79. The average molecular weight is 417 g/mol. The molecule has 1 N–H and O–H groups in total. The van der Waals surface area contributed by atoms with Crippen LogP contribution in [0.3, 0.4) is 0 Å². The number of rotatable bonds is 7. The number of allylic oxidation sites excluding steroid dienone is 1. The Bertz CT molecular complexity index is 489. The van der Waals surface area contributed by atoms with Crippen molar-refractivity contribution >= 4 is 29.9 Å². The Kier molecular flexibility index (Phi) is 10.7. The number of hydrogen-bond acceptors (Lipinski definition) is 2. The molecule has 0 aliphatic carbocycles. The minimum absolute atomic E-state index is 0. The molecule has 1 aromatic rings. The molecule has 0 spiro atoms. The number of unbranched alkanes of at least 4 members (excludes halogenated alkanes) is 1. The maximum atomic E-state index is 5.30. The molecule has 0 radical (unpaired) electrons. The summed E-state index contributed by atoms with van der Waals surface area (Å²) < 4.78 is 5.30. The number of aryl methyl sites for hydroxylation is 1. The highest BCUT2D eigenvalue weighted by molar-refractivity contribution is 14.0. The molecule has 0 heterocycles. The van der Waals surface area contributed by atoms with Gasteiger partial charge in [-0.1, -0.05) is 12.1 Å². The van der Waals surface area contributed by atoms with E-state index in [-0.39, 0.29) is 24.0 Å². The van der Waals surface area contributed by atoms with Gasteiger partial charge in [0.15, 0.2) is 5.96 Å². The van der Waals surface area contributed by atoms with Gasteiger partial charge in [-0.25, -0.2) is 0 Å². The van der Waals surface area contributed by atoms with Gasteiger partial charge in [-0.2, -0.15) is 0 Å². The van der Waals surface area contributed by atoms with Crippen molar-refractivity contribution in [3.63, 3.8) is 0 Å². The summed E-state index contributed by atoms with van der Waals surface area (Å²) in [6, 6.07) is 6.23. The molecule has 0 atom stereocenters. The molecule has 4 nitrogen and oxygen atoms in total. The van der Waals surface area contributed by atoms with E-state index < -0.39 is 0 Å². The molecule has 124 valence electrons. The van der Waals surface area contributed by atoms with E-state index in [0.717, 1.165) is 37.6 Å². The van der Waals surface area contributed by atoms with Crippen molar-refractivity contribution in [2.24, 2.45) is 4.99 Å². The van der Waals surface area contributed by atoms with Crippen molar-refractivity contribution in [3.05, 3.63) is 42.0 Å². The summed E-state index contributed by atoms with van der Waals surface area (Å²) in [5.41, 5.74) is 2.38. The lowest BCUT2D eigenvalue weighted by Gasteiger charge is -2.22. The van der Waals surface area contributed by atoms with Crippen LogP contribution in [-0.2, 0) is 6.54 Å². The van der Waals surface area contributed by atoms with Crippen molar-refractivity contribution in [2.75, 3.05) is 27.7 Å². The van der Waals surface area contributed by atoms with Crippen LogP contribution in [0.15, 0.2) is 35.8 Å². The molecule has 0 aliphatic rings. The van der Waals surface area contributed by atoms with Crippen LogP contribution in [0.2, 0.25) is 0 Å². The number of hydrogen-bond donors (Lipinski definition) is 1. The van der Waals surface area contributed by atoms with Gasteiger partial charge in [0.1, 0.15) is 5.75 Å². The smallest absolute Gasteiger partial charge is 0.193 e. The Morgan fingerprint density at radius 2 is 2.14 bits per heavy atom. The quantitative estimate of drug-likeness (QED) is 0.242. The third kappa shape index (κ3) is 7.15. The standard InChI is InChI=1S/C17H27N3O.HI/c1-6-7-8-9-20(4)17(18-3)19-13-15-10-14(2)11-16(12-15)21-5;/h6,10-12H,1,7-9,13H2,2-5H3,(H,18,19);1H. The zero-order chi connectivity index (χ0) is 15.7. The Morgan fingerprint density at radius 3 is 2.73 bits per heavy atom. The van der Waals surface area contributed by atoms with Gasteiger partial charge in [-0.3, -0.25) is 4.99 Å². The molecule has 0 aliphatic heterocycles.